The molecule has 1 aromatic heterocycles. The molecule has 8 heteroatoms. The molecule has 0 radical (unpaired) electrons. The Bertz CT molecular complexity index is 732. The molecule has 0 spiro atoms. The van der Waals surface area contributed by atoms with Gasteiger partial charge in [-0.3, -0.25) is 10.1 Å². The largest absolute Gasteiger partial charge is 0.391 e. The number of benzene rings is 1. The van der Waals surface area contributed by atoms with Crippen molar-refractivity contribution in [2.45, 2.75) is 25.5 Å². The van der Waals surface area contributed by atoms with Gasteiger partial charge in [-0.15, -0.1) is 0 Å². The van der Waals surface area contributed by atoms with E-state index in [9.17, 15) is 15.2 Å². The standard InChI is InChI=1S/C14H19N5O3/c1-8-3-13-11(5-12(8)19(21)22)16-14(17(13)2)18-6-9(15)4-10(20)7-18/h3,5,9-10,20H,4,6-7,15H2,1-2H3/t9-,10-/m1/s1. The minimum absolute atomic E-state index is 0.0625. The average molecular weight is 305 g/mol. The van der Waals surface area contributed by atoms with E-state index in [2.05, 4.69) is 4.98 Å². The van der Waals surface area contributed by atoms with E-state index in [4.69, 9.17) is 5.73 Å². The SMILES string of the molecule is Cc1cc2c(cc1[N+](=O)[O-])nc(N1C[C@H](N)C[C@@H](O)C1)n2C. The number of aryl methyl sites for hydroxylation is 2. The fourth-order valence-electron chi connectivity index (χ4n) is 3.07. The van der Waals surface area contributed by atoms with Gasteiger partial charge in [0.1, 0.15) is 0 Å². The van der Waals surface area contributed by atoms with Crippen molar-refractivity contribution in [2.24, 2.45) is 12.8 Å². The predicted molar refractivity (Wildman–Crippen MR) is 82.9 cm³/mol. The van der Waals surface area contributed by atoms with Crippen LogP contribution < -0.4 is 10.6 Å². The highest BCUT2D eigenvalue weighted by molar-refractivity contribution is 5.82. The molecule has 0 amide bonds. The number of rotatable bonds is 2. The number of nitrogens with zero attached hydrogens (tertiary/aromatic N) is 4. The smallest absolute Gasteiger partial charge is 0.274 e. The lowest BCUT2D eigenvalue weighted by Gasteiger charge is -2.34. The molecule has 1 aliphatic rings. The third-order valence-corrected chi connectivity index (χ3v) is 4.12. The summed E-state index contributed by atoms with van der Waals surface area (Å²) in [5.41, 5.74) is 8.02. The monoisotopic (exact) mass is 305 g/mol. The number of aliphatic hydroxyl groups excluding tert-OH is 1. The van der Waals surface area contributed by atoms with Crippen LogP contribution in [0.2, 0.25) is 0 Å². The van der Waals surface area contributed by atoms with Gasteiger partial charge in [-0.05, 0) is 19.4 Å². The Hall–Kier alpha value is -2.19. The molecule has 1 aromatic carbocycles. The normalized spacial score (nSPS) is 22.3. The number of fused-ring (bicyclic) bond motifs is 1. The van der Waals surface area contributed by atoms with Gasteiger partial charge >= 0.3 is 0 Å². The van der Waals surface area contributed by atoms with E-state index >= 15 is 0 Å². The van der Waals surface area contributed by atoms with Gasteiger partial charge in [0.05, 0.1) is 22.1 Å². The molecular formula is C14H19N5O3. The molecule has 0 unspecified atom stereocenters. The lowest BCUT2D eigenvalue weighted by molar-refractivity contribution is -0.385. The molecular weight excluding hydrogens is 286 g/mol. The minimum Gasteiger partial charge on any atom is -0.391 e. The molecule has 22 heavy (non-hydrogen) atoms. The summed E-state index contributed by atoms with van der Waals surface area (Å²) in [6.07, 6.45) is 0.0880. The Balaban J connectivity index is 2.08. The summed E-state index contributed by atoms with van der Waals surface area (Å²) in [5, 5.41) is 20.9. The second kappa shape index (κ2) is 5.22. The number of β-amino-alcohol motifs (C(OH)–C–C–N with tert-alkyl or cyclic N) is 1. The number of imidazole rings is 1. The molecule has 2 heterocycles. The maximum absolute atomic E-state index is 11.1. The summed E-state index contributed by atoms with van der Waals surface area (Å²) in [7, 11) is 1.86. The minimum atomic E-state index is -0.486. The van der Waals surface area contributed by atoms with Crippen LogP contribution >= 0.6 is 0 Å². The zero-order valence-corrected chi connectivity index (χ0v) is 12.6. The number of hydrogen-bond acceptors (Lipinski definition) is 6. The van der Waals surface area contributed by atoms with Crippen molar-refractivity contribution in [3.05, 3.63) is 27.8 Å². The molecule has 0 aliphatic carbocycles. The van der Waals surface area contributed by atoms with Crippen molar-refractivity contribution in [1.82, 2.24) is 9.55 Å². The number of nitrogens with two attached hydrogens (primary N) is 1. The molecule has 3 rings (SSSR count). The lowest BCUT2D eigenvalue weighted by atomic mass is 10.0. The van der Waals surface area contributed by atoms with Gasteiger partial charge in [0, 0.05) is 37.8 Å². The van der Waals surface area contributed by atoms with Crippen molar-refractivity contribution in [3.8, 4) is 0 Å². The van der Waals surface area contributed by atoms with Crippen molar-refractivity contribution >= 4 is 22.7 Å². The molecule has 2 atom stereocenters. The van der Waals surface area contributed by atoms with Crippen LogP contribution in [0.25, 0.3) is 11.0 Å². The van der Waals surface area contributed by atoms with E-state index in [1.165, 1.54) is 6.07 Å². The molecule has 8 nitrogen and oxygen atoms in total. The third-order valence-electron chi connectivity index (χ3n) is 4.12. The first-order valence-corrected chi connectivity index (χ1v) is 7.17. The summed E-state index contributed by atoms with van der Waals surface area (Å²) < 4.78 is 1.89. The van der Waals surface area contributed by atoms with Crippen LogP contribution in [0.1, 0.15) is 12.0 Å². The van der Waals surface area contributed by atoms with Crippen molar-refractivity contribution in [1.29, 1.82) is 0 Å². The lowest BCUT2D eigenvalue weighted by Crippen LogP contribution is -2.50. The average Bonchev–Trinajstić information content (AvgIpc) is 2.73. The maximum atomic E-state index is 11.1. The zero-order valence-electron chi connectivity index (χ0n) is 12.6. The van der Waals surface area contributed by atoms with Gasteiger partial charge in [-0.1, -0.05) is 0 Å². The van der Waals surface area contributed by atoms with Crippen molar-refractivity contribution in [2.75, 3.05) is 18.0 Å². The first kappa shape index (κ1) is 14.7. The second-order valence-electron chi connectivity index (χ2n) is 5.91. The number of piperidine rings is 1. The number of aliphatic hydroxyl groups is 1. The Morgan fingerprint density at radius 2 is 2.18 bits per heavy atom. The van der Waals surface area contributed by atoms with Gasteiger partial charge in [-0.25, -0.2) is 4.98 Å². The third kappa shape index (κ3) is 2.40. The first-order valence-electron chi connectivity index (χ1n) is 7.17. The zero-order chi connectivity index (χ0) is 16.0. The van der Waals surface area contributed by atoms with Crippen LogP contribution in [0, 0.1) is 17.0 Å². The van der Waals surface area contributed by atoms with Gasteiger partial charge in [0.25, 0.3) is 5.69 Å². The number of nitro groups is 1. The molecule has 3 N–H and O–H groups in total. The summed E-state index contributed by atoms with van der Waals surface area (Å²) >= 11 is 0. The predicted octanol–water partition coefficient (Wildman–Crippen LogP) is 0.688. The van der Waals surface area contributed by atoms with Crippen LogP contribution in [0.5, 0.6) is 0 Å². The van der Waals surface area contributed by atoms with E-state index in [0.29, 0.717) is 36.5 Å². The maximum Gasteiger partial charge on any atom is 0.274 e. The molecule has 1 saturated heterocycles. The molecule has 1 fully saturated rings. The van der Waals surface area contributed by atoms with Gasteiger partial charge in [-0.2, -0.15) is 0 Å². The highest BCUT2D eigenvalue weighted by atomic mass is 16.6. The van der Waals surface area contributed by atoms with Gasteiger partial charge < -0.3 is 20.3 Å². The van der Waals surface area contributed by atoms with Gasteiger partial charge in [0.15, 0.2) is 0 Å². The van der Waals surface area contributed by atoms with E-state index in [1.807, 2.05) is 16.5 Å². The number of hydrogen-bond donors (Lipinski definition) is 2. The van der Waals surface area contributed by atoms with E-state index < -0.39 is 11.0 Å². The summed E-state index contributed by atoms with van der Waals surface area (Å²) in [6, 6.07) is 3.15. The van der Waals surface area contributed by atoms with Crippen LogP contribution in [0.15, 0.2) is 12.1 Å². The Morgan fingerprint density at radius 3 is 2.82 bits per heavy atom. The summed E-state index contributed by atoms with van der Waals surface area (Å²) in [6.45, 7) is 2.78. The quantitative estimate of drug-likeness (QED) is 0.624. The van der Waals surface area contributed by atoms with Crippen LogP contribution in [-0.2, 0) is 7.05 Å². The number of anilines is 1. The number of nitro benzene ring substituents is 1. The van der Waals surface area contributed by atoms with E-state index in [1.54, 1.807) is 13.0 Å². The van der Waals surface area contributed by atoms with Crippen LogP contribution in [0.4, 0.5) is 11.6 Å². The van der Waals surface area contributed by atoms with E-state index in [-0.39, 0.29) is 11.7 Å². The summed E-state index contributed by atoms with van der Waals surface area (Å²) in [4.78, 5) is 17.1. The van der Waals surface area contributed by atoms with Crippen LogP contribution in [-0.4, -0.2) is 44.8 Å². The molecule has 2 aromatic rings. The Morgan fingerprint density at radius 1 is 1.45 bits per heavy atom. The van der Waals surface area contributed by atoms with Gasteiger partial charge in [0.2, 0.25) is 5.95 Å². The molecule has 0 saturated carbocycles. The molecule has 118 valence electrons. The fraction of sp³-hybridized carbons (Fsp3) is 0.500. The van der Waals surface area contributed by atoms with Crippen LogP contribution in [0.3, 0.4) is 0 Å². The fourth-order valence-corrected chi connectivity index (χ4v) is 3.07. The Kier molecular flexibility index (Phi) is 3.50. The highest BCUT2D eigenvalue weighted by Gasteiger charge is 2.27. The Labute approximate surface area is 127 Å². The highest BCUT2D eigenvalue weighted by Crippen LogP contribution is 2.29. The molecule has 1 aliphatic heterocycles. The van der Waals surface area contributed by atoms with E-state index in [0.717, 1.165) is 5.52 Å². The topological polar surface area (TPSA) is 110 Å². The molecule has 0 bridgehead atoms. The number of aromatic nitrogens is 2. The van der Waals surface area contributed by atoms with Crippen molar-refractivity contribution in [3.63, 3.8) is 0 Å². The van der Waals surface area contributed by atoms with Crippen molar-refractivity contribution < 1.29 is 10.0 Å². The summed E-state index contributed by atoms with van der Waals surface area (Å²) in [5.74, 6) is 0.670. The second-order valence-corrected chi connectivity index (χ2v) is 5.91. The first-order chi connectivity index (χ1) is 10.4.